The Balaban J connectivity index is 2.00. The highest BCUT2D eigenvalue weighted by Gasteiger charge is 2.10. The van der Waals surface area contributed by atoms with Crippen molar-refractivity contribution in [3.05, 3.63) is 59.2 Å². The van der Waals surface area contributed by atoms with E-state index in [2.05, 4.69) is 5.32 Å². The van der Waals surface area contributed by atoms with Crippen LogP contribution in [0, 0.1) is 13.8 Å². The zero-order valence-electron chi connectivity index (χ0n) is 12.6. The summed E-state index contributed by atoms with van der Waals surface area (Å²) in [7, 11) is 0. The molecule has 2 amide bonds. The van der Waals surface area contributed by atoms with Gasteiger partial charge in [0.25, 0.3) is 11.8 Å². The van der Waals surface area contributed by atoms with E-state index in [1.807, 2.05) is 32.0 Å². The highest BCUT2D eigenvalue weighted by atomic mass is 16.5. The van der Waals surface area contributed by atoms with Crippen LogP contribution in [0.3, 0.4) is 0 Å². The lowest BCUT2D eigenvalue weighted by molar-refractivity contribution is -0.118. The smallest absolute Gasteiger partial charge is 0.262 e. The average molecular weight is 298 g/mol. The van der Waals surface area contributed by atoms with Crippen LogP contribution in [0.25, 0.3) is 0 Å². The Morgan fingerprint density at radius 2 is 1.73 bits per heavy atom. The van der Waals surface area contributed by atoms with Gasteiger partial charge in [0.2, 0.25) is 0 Å². The van der Waals surface area contributed by atoms with Crippen LogP contribution < -0.4 is 15.8 Å². The molecule has 0 aliphatic carbocycles. The highest BCUT2D eigenvalue weighted by molar-refractivity contribution is 5.96. The zero-order valence-corrected chi connectivity index (χ0v) is 12.6. The van der Waals surface area contributed by atoms with Crippen LogP contribution in [-0.2, 0) is 4.79 Å². The van der Waals surface area contributed by atoms with Crippen LogP contribution in [0.5, 0.6) is 5.75 Å². The number of hydrogen-bond donors (Lipinski definition) is 2. The molecule has 5 heteroatoms. The van der Waals surface area contributed by atoms with Gasteiger partial charge in [-0.25, -0.2) is 0 Å². The van der Waals surface area contributed by atoms with Gasteiger partial charge in [0.1, 0.15) is 5.75 Å². The predicted octanol–water partition coefficient (Wildman–Crippen LogP) is 2.42. The minimum Gasteiger partial charge on any atom is -0.483 e. The van der Waals surface area contributed by atoms with E-state index in [1.165, 1.54) is 0 Å². The molecule has 0 aromatic heterocycles. The van der Waals surface area contributed by atoms with Gasteiger partial charge in [0.15, 0.2) is 6.61 Å². The van der Waals surface area contributed by atoms with E-state index in [-0.39, 0.29) is 18.1 Å². The first-order chi connectivity index (χ1) is 10.5. The maximum absolute atomic E-state index is 11.9. The Kier molecular flexibility index (Phi) is 4.78. The Morgan fingerprint density at radius 1 is 1.09 bits per heavy atom. The summed E-state index contributed by atoms with van der Waals surface area (Å²) in [4.78, 5) is 23.2. The lowest BCUT2D eigenvalue weighted by Crippen LogP contribution is -2.21. The van der Waals surface area contributed by atoms with Crippen molar-refractivity contribution < 1.29 is 14.3 Å². The van der Waals surface area contributed by atoms with Crippen molar-refractivity contribution >= 4 is 17.5 Å². The van der Waals surface area contributed by atoms with E-state index in [4.69, 9.17) is 10.5 Å². The fourth-order valence-corrected chi connectivity index (χ4v) is 2.18. The van der Waals surface area contributed by atoms with E-state index in [1.54, 1.807) is 24.3 Å². The molecule has 2 rings (SSSR count). The molecule has 2 aromatic carbocycles. The van der Waals surface area contributed by atoms with Gasteiger partial charge in [0.05, 0.1) is 5.56 Å². The summed E-state index contributed by atoms with van der Waals surface area (Å²) in [6.45, 7) is 3.72. The van der Waals surface area contributed by atoms with Gasteiger partial charge in [-0.15, -0.1) is 0 Å². The van der Waals surface area contributed by atoms with E-state index >= 15 is 0 Å². The third-order valence-electron chi connectivity index (χ3n) is 3.02. The number of anilines is 1. The second-order valence-corrected chi connectivity index (χ2v) is 5.07. The molecule has 0 radical (unpaired) electrons. The number of primary amides is 1. The molecular weight excluding hydrogens is 280 g/mol. The number of carbonyl (C=O) groups is 2. The molecule has 2 aromatic rings. The van der Waals surface area contributed by atoms with E-state index in [0.29, 0.717) is 11.4 Å². The molecule has 0 fully saturated rings. The van der Waals surface area contributed by atoms with Crippen LogP contribution in [0.2, 0.25) is 0 Å². The summed E-state index contributed by atoms with van der Waals surface area (Å²) in [6, 6.07) is 12.3. The van der Waals surface area contributed by atoms with Gasteiger partial charge >= 0.3 is 0 Å². The summed E-state index contributed by atoms with van der Waals surface area (Å²) < 4.78 is 5.38. The number of amides is 2. The van der Waals surface area contributed by atoms with Crippen molar-refractivity contribution in [3.63, 3.8) is 0 Å². The van der Waals surface area contributed by atoms with Crippen molar-refractivity contribution in [1.29, 1.82) is 0 Å². The molecular formula is C17H18N2O3. The van der Waals surface area contributed by atoms with Gasteiger partial charge in [-0.1, -0.05) is 18.2 Å². The first-order valence-corrected chi connectivity index (χ1v) is 6.85. The monoisotopic (exact) mass is 298 g/mol. The van der Waals surface area contributed by atoms with E-state index in [9.17, 15) is 9.59 Å². The van der Waals surface area contributed by atoms with Crippen LogP contribution in [0.1, 0.15) is 21.5 Å². The molecule has 22 heavy (non-hydrogen) atoms. The summed E-state index contributed by atoms with van der Waals surface area (Å²) in [6.07, 6.45) is 0. The minimum absolute atomic E-state index is 0.197. The predicted molar refractivity (Wildman–Crippen MR) is 85.0 cm³/mol. The molecule has 3 N–H and O–H groups in total. The number of benzene rings is 2. The van der Waals surface area contributed by atoms with Gasteiger partial charge in [-0.3, -0.25) is 9.59 Å². The zero-order chi connectivity index (χ0) is 16.1. The van der Waals surface area contributed by atoms with Crippen LogP contribution >= 0.6 is 0 Å². The van der Waals surface area contributed by atoms with Crippen LogP contribution in [0.4, 0.5) is 5.69 Å². The lowest BCUT2D eigenvalue weighted by atomic mass is 10.1. The fourth-order valence-electron chi connectivity index (χ4n) is 2.18. The van der Waals surface area contributed by atoms with Crippen molar-refractivity contribution in [2.75, 3.05) is 11.9 Å². The van der Waals surface area contributed by atoms with Gasteiger partial charge < -0.3 is 15.8 Å². The Morgan fingerprint density at radius 3 is 2.36 bits per heavy atom. The molecule has 114 valence electrons. The second-order valence-electron chi connectivity index (χ2n) is 5.07. The molecule has 0 saturated heterocycles. The quantitative estimate of drug-likeness (QED) is 0.889. The van der Waals surface area contributed by atoms with Crippen molar-refractivity contribution in [2.45, 2.75) is 13.8 Å². The Bertz CT molecular complexity index is 691. The standard InChI is InChI=1S/C17H18N2O3/c1-11-7-12(2)9-13(8-11)19-16(20)10-22-15-6-4-3-5-14(15)17(18)21/h3-9H,10H2,1-2H3,(H2,18,21)(H,19,20). The molecule has 0 aliphatic rings. The van der Waals surface area contributed by atoms with Crippen LogP contribution in [0.15, 0.2) is 42.5 Å². The van der Waals surface area contributed by atoms with Gasteiger partial charge in [0, 0.05) is 5.69 Å². The van der Waals surface area contributed by atoms with Crippen molar-refractivity contribution in [1.82, 2.24) is 0 Å². The number of nitrogens with one attached hydrogen (secondary N) is 1. The lowest BCUT2D eigenvalue weighted by Gasteiger charge is -2.10. The van der Waals surface area contributed by atoms with Gasteiger partial charge in [-0.05, 0) is 49.2 Å². The number of carbonyl (C=O) groups excluding carboxylic acids is 2. The maximum Gasteiger partial charge on any atom is 0.262 e. The van der Waals surface area contributed by atoms with E-state index in [0.717, 1.165) is 11.1 Å². The molecule has 0 unspecified atom stereocenters. The van der Waals surface area contributed by atoms with Crippen molar-refractivity contribution in [3.8, 4) is 5.75 Å². The normalized spacial score (nSPS) is 10.1. The molecule has 0 spiro atoms. The molecule has 0 heterocycles. The number of ether oxygens (including phenoxy) is 1. The number of hydrogen-bond acceptors (Lipinski definition) is 3. The van der Waals surface area contributed by atoms with Gasteiger partial charge in [-0.2, -0.15) is 0 Å². The molecule has 0 bridgehead atoms. The molecule has 5 nitrogen and oxygen atoms in total. The van der Waals surface area contributed by atoms with Crippen molar-refractivity contribution in [2.24, 2.45) is 5.73 Å². The third kappa shape index (κ3) is 4.09. The average Bonchev–Trinajstić information content (AvgIpc) is 2.44. The summed E-state index contributed by atoms with van der Waals surface area (Å²) in [5.41, 5.74) is 8.36. The number of rotatable bonds is 5. The summed E-state index contributed by atoms with van der Waals surface area (Å²) >= 11 is 0. The molecule has 0 atom stereocenters. The fraction of sp³-hybridized carbons (Fsp3) is 0.176. The number of aryl methyl sites for hydroxylation is 2. The second kappa shape index (κ2) is 6.76. The van der Waals surface area contributed by atoms with E-state index < -0.39 is 5.91 Å². The highest BCUT2D eigenvalue weighted by Crippen LogP contribution is 2.17. The minimum atomic E-state index is -0.592. The number of nitrogens with two attached hydrogens (primary N) is 1. The summed E-state index contributed by atoms with van der Waals surface area (Å²) in [5.74, 6) is -0.597. The topological polar surface area (TPSA) is 81.4 Å². The largest absolute Gasteiger partial charge is 0.483 e. The SMILES string of the molecule is Cc1cc(C)cc(NC(=O)COc2ccccc2C(N)=O)c1. The first-order valence-electron chi connectivity index (χ1n) is 6.85. The Labute approximate surface area is 129 Å². The first kappa shape index (κ1) is 15.6. The van der Waals surface area contributed by atoms with Crippen LogP contribution in [-0.4, -0.2) is 18.4 Å². The third-order valence-corrected chi connectivity index (χ3v) is 3.02. The summed E-state index contributed by atoms with van der Waals surface area (Å²) in [5, 5.41) is 2.76. The Hall–Kier alpha value is -2.82. The molecule has 0 aliphatic heterocycles. The number of para-hydroxylation sites is 1. The maximum atomic E-state index is 11.9. The molecule has 0 saturated carbocycles.